The number of nitrogens with one attached hydrogen (secondary N) is 1. The van der Waals surface area contributed by atoms with Gasteiger partial charge in [-0.15, -0.1) is 10.2 Å². The standard InChI is InChI=1S/C27H25FN6O2/c1-19-4-2-7-24(29-19)30-25-12-13-26(32-31-25)33-14-16-34(17-15-33)27(35)20-5-3-6-23(18-20)36-22-10-8-21(28)9-11-22/h2-13,18H,14-17H2,1H3,(H,29,30,31). The van der Waals surface area contributed by atoms with Gasteiger partial charge in [-0.05, 0) is 73.7 Å². The monoisotopic (exact) mass is 484 g/mol. The molecule has 182 valence electrons. The highest BCUT2D eigenvalue weighted by Gasteiger charge is 2.23. The van der Waals surface area contributed by atoms with E-state index in [2.05, 4.69) is 25.4 Å². The second kappa shape index (κ2) is 10.4. The maximum atomic E-state index is 13.1. The van der Waals surface area contributed by atoms with Crippen molar-refractivity contribution in [2.24, 2.45) is 0 Å². The Morgan fingerprint density at radius 2 is 1.64 bits per heavy atom. The predicted octanol–water partition coefficient (Wildman–Crippen LogP) is 4.82. The first-order valence-electron chi connectivity index (χ1n) is 11.7. The summed E-state index contributed by atoms with van der Waals surface area (Å²) in [7, 11) is 0. The summed E-state index contributed by atoms with van der Waals surface area (Å²) >= 11 is 0. The minimum Gasteiger partial charge on any atom is -0.457 e. The highest BCUT2D eigenvalue weighted by molar-refractivity contribution is 5.94. The van der Waals surface area contributed by atoms with E-state index < -0.39 is 0 Å². The molecule has 0 radical (unpaired) electrons. The molecule has 3 heterocycles. The molecule has 0 spiro atoms. The van der Waals surface area contributed by atoms with Gasteiger partial charge in [0.1, 0.15) is 23.1 Å². The Kier molecular flexibility index (Phi) is 6.70. The average molecular weight is 485 g/mol. The minimum absolute atomic E-state index is 0.0597. The van der Waals surface area contributed by atoms with Crippen LogP contribution in [-0.2, 0) is 0 Å². The van der Waals surface area contributed by atoms with Crippen LogP contribution in [0.4, 0.5) is 21.8 Å². The first kappa shape index (κ1) is 23.2. The van der Waals surface area contributed by atoms with Gasteiger partial charge in [0.15, 0.2) is 11.6 Å². The number of ether oxygens (including phenoxy) is 1. The molecule has 1 N–H and O–H groups in total. The number of benzene rings is 2. The smallest absolute Gasteiger partial charge is 0.254 e. The SMILES string of the molecule is Cc1cccc(Nc2ccc(N3CCN(C(=O)c4cccc(Oc5ccc(F)cc5)c4)CC3)nn2)n1. The number of amides is 1. The average Bonchev–Trinajstić information content (AvgIpc) is 2.90. The van der Waals surface area contributed by atoms with E-state index in [0.717, 1.165) is 17.3 Å². The molecule has 0 bridgehead atoms. The van der Waals surface area contributed by atoms with Crippen LogP contribution in [0.25, 0.3) is 0 Å². The van der Waals surface area contributed by atoms with Crippen molar-refractivity contribution >= 4 is 23.4 Å². The highest BCUT2D eigenvalue weighted by atomic mass is 19.1. The number of carbonyl (C=O) groups excluding carboxylic acids is 1. The fourth-order valence-electron chi connectivity index (χ4n) is 3.96. The molecule has 0 unspecified atom stereocenters. The fourth-order valence-corrected chi connectivity index (χ4v) is 3.96. The number of rotatable bonds is 6. The molecule has 1 aliphatic heterocycles. The zero-order valence-corrected chi connectivity index (χ0v) is 19.8. The molecule has 0 aliphatic carbocycles. The lowest BCUT2D eigenvalue weighted by Gasteiger charge is -2.35. The summed E-state index contributed by atoms with van der Waals surface area (Å²) in [5.41, 5.74) is 1.46. The molecule has 9 heteroatoms. The van der Waals surface area contributed by atoms with Gasteiger partial charge in [-0.25, -0.2) is 9.37 Å². The highest BCUT2D eigenvalue weighted by Crippen LogP contribution is 2.24. The summed E-state index contributed by atoms with van der Waals surface area (Å²) in [6.45, 7) is 4.37. The van der Waals surface area contributed by atoms with E-state index in [-0.39, 0.29) is 11.7 Å². The molecule has 2 aromatic carbocycles. The van der Waals surface area contributed by atoms with Crippen molar-refractivity contribution in [2.45, 2.75) is 6.92 Å². The van der Waals surface area contributed by atoms with E-state index in [1.165, 1.54) is 12.1 Å². The largest absolute Gasteiger partial charge is 0.457 e. The van der Waals surface area contributed by atoms with Crippen molar-refractivity contribution < 1.29 is 13.9 Å². The molecule has 1 aliphatic rings. The van der Waals surface area contributed by atoms with Crippen LogP contribution >= 0.6 is 0 Å². The number of hydrogen-bond donors (Lipinski definition) is 1. The summed E-state index contributed by atoms with van der Waals surface area (Å²) in [6, 6.07) is 22.3. The van der Waals surface area contributed by atoms with E-state index in [0.29, 0.717) is 49.1 Å². The number of piperazine rings is 1. The van der Waals surface area contributed by atoms with Gasteiger partial charge in [0.2, 0.25) is 0 Å². The number of hydrogen-bond acceptors (Lipinski definition) is 7. The summed E-state index contributed by atoms with van der Waals surface area (Å²) in [5, 5.41) is 11.8. The molecule has 5 rings (SSSR count). The summed E-state index contributed by atoms with van der Waals surface area (Å²) in [4.78, 5) is 21.4. The lowest BCUT2D eigenvalue weighted by molar-refractivity contribution is 0.0746. The molecule has 36 heavy (non-hydrogen) atoms. The van der Waals surface area contributed by atoms with Gasteiger partial charge in [0.05, 0.1) is 0 Å². The quantitative estimate of drug-likeness (QED) is 0.420. The third kappa shape index (κ3) is 5.57. The van der Waals surface area contributed by atoms with Gasteiger partial charge in [0, 0.05) is 37.4 Å². The second-order valence-electron chi connectivity index (χ2n) is 8.43. The van der Waals surface area contributed by atoms with E-state index in [1.807, 2.05) is 42.2 Å². The van der Waals surface area contributed by atoms with Gasteiger partial charge in [-0.3, -0.25) is 4.79 Å². The Morgan fingerprint density at radius 1 is 0.861 bits per heavy atom. The van der Waals surface area contributed by atoms with Crippen molar-refractivity contribution in [2.75, 3.05) is 36.4 Å². The Hall–Kier alpha value is -4.53. The summed E-state index contributed by atoms with van der Waals surface area (Å²) < 4.78 is 18.9. The van der Waals surface area contributed by atoms with Crippen molar-refractivity contribution in [1.82, 2.24) is 20.1 Å². The minimum atomic E-state index is -0.330. The van der Waals surface area contributed by atoms with E-state index in [4.69, 9.17) is 4.74 Å². The molecule has 2 aromatic heterocycles. The van der Waals surface area contributed by atoms with E-state index in [9.17, 15) is 9.18 Å². The molecular formula is C27H25FN6O2. The van der Waals surface area contributed by atoms with Gasteiger partial charge >= 0.3 is 0 Å². The lowest BCUT2D eigenvalue weighted by Crippen LogP contribution is -2.49. The first-order valence-corrected chi connectivity index (χ1v) is 11.7. The van der Waals surface area contributed by atoms with Crippen LogP contribution in [0, 0.1) is 12.7 Å². The number of carbonyl (C=O) groups is 1. The van der Waals surface area contributed by atoms with E-state index in [1.54, 1.807) is 36.4 Å². The van der Waals surface area contributed by atoms with Gasteiger partial charge in [-0.2, -0.15) is 0 Å². The van der Waals surface area contributed by atoms with Crippen LogP contribution in [0.5, 0.6) is 11.5 Å². The number of aryl methyl sites for hydroxylation is 1. The van der Waals surface area contributed by atoms with Crippen LogP contribution in [0.2, 0.25) is 0 Å². The van der Waals surface area contributed by atoms with Crippen molar-refractivity contribution in [1.29, 1.82) is 0 Å². The lowest BCUT2D eigenvalue weighted by atomic mass is 10.1. The van der Waals surface area contributed by atoms with Gasteiger partial charge < -0.3 is 19.9 Å². The van der Waals surface area contributed by atoms with Gasteiger partial charge in [-0.1, -0.05) is 12.1 Å². The third-order valence-corrected chi connectivity index (χ3v) is 5.82. The molecule has 4 aromatic rings. The Balaban J connectivity index is 1.17. The van der Waals surface area contributed by atoms with Crippen molar-refractivity contribution in [3.8, 4) is 11.5 Å². The molecular weight excluding hydrogens is 459 g/mol. The Bertz CT molecular complexity index is 1340. The maximum absolute atomic E-state index is 13.1. The zero-order valence-electron chi connectivity index (χ0n) is 19.8. The van der Waals surface area contributed by atoms with Gasteiger partial charge in [0.25, 0.3) is 5.91 Å². The van der Waals surface area contributed by atoms with Crippen LogP contribution in [0.3, 0.4) is 0 Å². The van der Waals surface area contributed by atoms with Crippen LogP contribution in [0.15, 0.2) is 78.9 Å². The number of pyridine rings is 1. The fraction of sp³-hybridized carbons (Fsp3) is 0.185. The van der Waals surface area contributed by atoms with Crippen LogP contribution < -0.4 is 15.0 Å². The van der Waals surface area contributed by atoms with Crippen LogP contribution in [0.1, 0.15) is 16.1 Å². The Morgan fingerprint density at radius 3 is 2.36 bits per heavy atom. The van der Waals surface area contributed by atoms with Crippen molar-refractivity contribution in [3.63, 3.8) is 0 Å². The second-order valence-corrected chi connectivity index (χ2v) is 8.43. The Labute approximate surface area is 208 Å². The van der Waals surface area contributed by atoms with Crippen LogP contribution in [-0.4, -0.2) is 52.2 Å². The number of anilines is 3. The molecule has 1 saturated heterocycles. The number of nitrogens with zero attached hydrogens (tertiary/aromatic N) is 5. The van der Waals surface area contributed by atoms with Crippen molar-refractivity contribution in [3.05, 3.63) is 95.9 Å². The van der Waals surface area contributed by atoms with E-state index >= 15 is 0 Å². The molecule has 1 amide bonds. The molecule has 8 nitrogen and oxygen atoms in total. The number of aromatic nitrogens is 3. The predicted molar refractivity (Wildman–Crippen MR) is 135 cm³/mol. The molecule has 1 fully saturated rings. The first-order chi connectivity index (χ1) is 17.5. The molecule has 0 saturated carbocycles. The normalized spacial score (nSPS) is 13.4. The third-order valence-electron chi connectivity index (χ3n) is 5.82. The summed E-state index contributed by atoms with van der Waals surface area (Å²) in [6.07, 6.45) is 0. The zero-order chi connectivity index (χ0) is 24.9. The summed E-state index contributed by atoms with van der Waals surface area (Å²) in [5.74, 6) is 2.74. The number of halogens is 1. The molecule has 0 atom stereocenters. The maximum Gasteiger partial charge on any atom is 0.254 e. The topological polar surface area (TPSA) is 83.5 Å².